The summed E-state index contributed by atoms with van der Waals surface area (Å²) in [7, 11) is 1.56. The van der Waals surface area contributed by atoms with Crippen molar-refractivity contribution < 1.29 is 14.3 Å². The third-order valence-electron chi connectivity index (χ3n) is 4.49. The van der Waals surface area contributed by atoms with Gasteiger partial charge in [0.2, 0.25) is 0 Å². The Morgan fingerprint density at radius 3 is 2.35 bits per heavy atom. The SMILES string of the molecule is COc1ccccc1OCC(=O)Nc1ccc(-c2csc(-c3ccc(Cl)cc3)n2)cc1. The summed E-state index contributed by atoms with van der Waals surface area (Å²) < 4.78 is 10.8. The molecule has 0 bridgehead atoms. The van der Waals surface area contributed by atoms with E-state index in [4.69, 9.17) is 26.1 Å². The van der Waals surface area contributed by atoms with E-state index in [2.05, 4.69) is 5.32 Å². The molecule has 31 heavy (non-hydrogen) atoms. The summed E-state index contributed by atoms with van der Waals surface area (Å²) in [5.41, 5.74) is 3.57. The van der Waals surface area contributed by atoms with Gasteiger partial charge in [0.05, 0.1) is 12.8 Å². The van der Waals surface area contributed by atoms with E-state index in [1.165, 1.54) is 0 Å². The summed E-state index contributed by atoms with van der Waals surface area (Å²) in [4.78, 5) is 16.9. The molecule has 3 aromatic carbocycles. The Balaban J connectivity index is 1.37. The molecule has 0 radical (unpaired) electrons. The molecule has 156 valence electrons. The van der Waals surface area contributed by atoms with Crippen LogP contribution in [0.15, 0.2) is 78.2 Å². The molecule has 0 spiro atoms. The number of halogens is 1. The molecule has 7 heteroatoms. The summed E-state index contributed by atoms with van der Waals surface area (Å²) in [6.45, 7) is -0.112. The first kappa shape index (κ1) is 20.9. The fourth-order valence-corrected chi connectivity index (χ4v) is 3.90. The third-order valence-corrected chi connectivity index (χ3v) is 5.63. The molecule has 1 amide bonds. The molecule has 0 aliphatic rings. The lowest BCUT2D eigenvalue weighted by Gasteiger charge is -2.10. The van der Waals surface area contributed by atoms with Gasteiger partial charge in [0, 0.05) is 27.2 Å². The van der Waals surface area contributed by atoms with Crippen molar-refractivity contribution in [3.8, 4) is 33.3 Å². The number of anilines is 1. The summed E-state index contributed by atoms with van der Waals surface area (Å²) in [6.07, 6.45) is 0. The molecule has 0 aliphatic carbocycles. The molecule has 4 aromatic rings. The highest BCUT2D eigenvalue weighted by Gasteiger charge is 2.09. The van der Waals surface area contributed by atoms with Gasteiger partial charge in [-0.3, -0.25) is 4.79 Å². The zero-order valence-electron chi connectivity index (χ0n) is 16.7. The Labute approximate surface area is 189 Å². The van der Waals surface area contributed by atoms with E-state index in [1.807, 2.05) is 66.0 Å². The van der Waals surface area contributed by atoms with Crippen molar-refractivity contribution in [3.05, 3.63) is 83.2 Å². The van der Waals surface area contributed by atoms with Crippen LogP contribution in [0.25, 0.3) is 21.8 Å². The van der Waals surface area contributed by atoms with E-state index in [9.17, 15) is 4.79 Å². The normalized spacial score (nSPS) is 10.5. The van der Waals surface area contributed by atoms with Crippen LogP contribution in [-0.4, -0.2) is 24.6 Å². The number of amides is 1. The van der Waals surface area contributed by atoms with Crippen LogP contribution in [0.1, 0.15) is 0 Å². The predicted octanol–water partition coefficient (Wildman–Crippen LogP) is 6.16. The maximum Gasteiger partial charge on any atom is 0.262 e. The molecule has 0 saturated heterocycles. The van der Waals surface area contributed by atoms with Crippen molar-refractivity contribution in [1.29, 1.82) is 0 Å². The second-order valence-corrected chi connectivity index (χ2v) is 7.90. The zero-order valence-corrected chi connectivity index (χ0v) is 18.2. The van der Waals surface area contributed by atoms with Crippen molar-refractivity contribution in [2.45, 2.75) is 0 Å². The summed E-state index contributed by atoms with van der Waals surface area (Å²) in [5, 5.41) is 6.47. The molecule has 4 rings (SSSR count). The number of nitrogens with one attached hydrogen (secondary N) is 1. The van der Waals surface area contributed by atoms with Gasteiger partial charge in [0.25, 0.3) is 5.91 Å². The van der Waals surface area contributed by atoms with Crippen molar-refractivity contribution in [2.24, 2.45) is 0 Å². The number of ether oxygens (including phenoxy) is 2. The lowest BCUT2D eigenvalue weighted by molar-refractivity contribution is -0.118. The molecule has 1 heterocycles. The number of hydrogen-bond acceptors (Lipinski definition) is 5. The number of aromatic nitrogens is 1. The first-order chi connectivity index (χ1) is 15.1. The monoisotopic (exact) mass is 450 g/mol. The van der Waals surface area contributed by atoms with Crippen molar-refractivity contribution in [2.75, 3.05) is 19.0 Å². The average molecular weight is 451 g/mol. The van der Waals surface area contributed by atoms with Gasteiger partial charge >= 0.3 is 0 Å². The van der Waals surface area contributed by atoms with Crippen LogP contribution >= 0.6 is 22.9 Å². The van der Waals surface area contributed by atoms with Crippen LogP contribution in [0.2, 0.25) is 5.02 Å². The minimum absolute atomic E-state index is 0.112. The second-order valence-electron chi connectivity index (χ2n) is 6.61. The molecular formula is C24H19ClN2O3S. The lowest BCUT2D eigenvalue weighted by atomic mass is 10.1. The van der Waals surface area contributed by atoms with E-state index in [1.54, 1.807) is 30.6 Å². The van der Waals surface area contributed by atoms with Crippen LogP contribution in [0.3, 0.4) is 0 Å². The molecule has 0 unspecified atom stereocenters. The Morgan fingerprint density at radius 2 is 1.65 bits per heavy atom. The number of rotatable bonds is 7. The highest BCUT2D eigenvalue weighted by molar-refractivity contribution is 7.13. The largest absolute Gasteiger partial charge is 0.493 e. The van der Waals surface area contributed by atoms with Crippen LogP contribution in [0.4, 0.5) is 5.69 Å². The highest BCUT2D eigenvalue weighted by Crippen LogP contribution is 2.30. The third kappa shape index (κ3) is 5.23. The number of para-hydroxylation sites is 2. The van der Waals surface area contributed by atoms with Crippen LogP contribution in [0.5, 0.6) is 11.5 Å². The van der Waals surface area contributed by atoms with E-state index in [0.717, 1.165) is 21.8 Å². The van der Waals surface area contributed by atoms with Gasteiger partial charge in [0.1, 0.15) is 5.01 Å². The molecule has 0 aliphatic heterocycles. The summed E-state index contributed by atoms with van der Waals surface area (Å²) in [5.74, 6) is 0.855. The number of methoxy groups -OCH3 is 1. The fourth-order valence-electron chi connectivity index (χ4n) is 2.93. The predicted molar refractivity (Wildman–Crippen MR) is 125 cm³/mol. The Bertz CT molecular complexity index is 1170. The lowest BCUT2D eigenvalue weighted by Crippen LogP contribution is -2.20. The van der Waals surface area contributed by atoms with E-state index in [0.29, 0.717) is 22.2 Å². The molecule has 1 aromatic heterocycles. The maximum absolute atomic E-state index is 12.2. The van der Waals surface area contributed by atoms with Gasteiger partial charge in [0.15, 0.2) is 18.1 Å². The van der Waals surface area contributed by atoms with E-state index >= 15 is 0 Å². The molecule has 0 fully saturated rings. The molecule has 0 atom stereocenters. The highest BCUT2D eigenvalue weighted by atomic mass is 35.5. The van der Waals surface area contributed by atoms with Gasteiger partial charge < -0.3 is 14.8 Å². The summed E-state index contributed by atoms with van der Waals surface area (Å²) in [6, 6.07) is 22.4. The van der Waals surface area contributed by atoms with Crippen LogP contribution in [0, 0.1) is 0 Å². The van der Waals surface area contributed by atoms with E-state index < -0.39 is 0 Å². The summed E-state index contributed by atoms with van der Waals surface area (Å²) >= 11 is 7.53. The molecule has 1 N–H and O–H groups in total. The fraction of sp³-hybridized carbons (Fsp3) is 0.0833. The minimum Gasteiger partial charge on any atom is -0.493 e. The maximum atomic E-state index is 12.2. The van der Waals surface area contributed by atoms with Gasteiger partial charge in [-0.25, -0.2) is 4.98 Å². The van der Waals surface area contributed by atoms with Gasteiger partial charge in [-0.05, 0) is 36.4 Å². The van der Waals surface area contributed by atoms with Gasteiger partial charge in [-0.1, -0.05) is 48.0 Å². The topological polar surface area (TPSA) is 60.5 Å². The quantitative estimate of drug-likeness (QED) is 0.366. The number of benzene rings is 3. The number of carbonyl (C=O) groups excluding carboxylic acids is 1. The number of nitrogens with zero attached hydrogens (tertiary/aromatic N) is 1. The number of carbonyl (C=O) groups is 1. The zero-order chi connectivity index (χ0) is 21.6. The van der Waals surface area contributed by atoms with Crippen molar-refractivity contribution in [1.82, 2.24) is 4.98 Å². The molecular weight excluding hydrogens is 432 g/mol. The minimum atomic E-state index is -0.252. The Morgan fingerprint density at radius 1 is 0.968 bits per heavy atom. The Hall–Kier alpha value is -3.35. The number of thiazole rings is 1. The second kappa shape index (κ2) is 9.64. The first-order valence-corrected chi connectivity index (χ1v) is 10.8. The van der Waals surface area contributed by atoms with Crippen LogP contribution in [-0.2, 0) is 4.79 Å². The van der Waals surface area contributed by atoms with E-state index in [-0.39, 0.29) is 12.5 Å². The number of hydrogen-bond donors (Lipinski definition) is 1. The van der Waals surface area contributed by atoms with Gasteiger partial charge in [-0.2, -0.15) is 0 Å². The average Bonchev–Trinajstić information content (AvgIpc) is 3.29. The molecule has 5 nitrogen and oxygen atoms in total. The van der Waals surface area contributed by atoms with Crippen molar-refractivity contribution in [3.63, 3.8) is 0 Å². The Kier molecular flexibility index (Phi) is 6.50. The van der Waals surface area contributed by atoms with Crippen molar-refractivity contribution >= 4 is 34.5 Å². The molecule has 0 saturated carbocycles. The van der Waals surface area contributed by atoms with Crippen LogP contribution < -0.4 is 14.8 Å². The smallest absolute Gasteiger partial charge is 0.262 e. The van der Waals surface area contributed by atoms with Gasteiger partial charge in [-0.15, -0.1) is 11.3 Å². The standard InChI is InChI=1S/C24H19ClN2O3S/c1-29-21-4-2-3-5-22(21)30-14-23(28)26-19-12-8-16(9-13-19)20-15-31-24(27-20)17-6-10-18(25)11-7-17/h2-13,15H,14H2,1H3,(H,26,28). The first-order valence-electron chi connectivity index (χ1n) is 9.50.